The van der Waals surface area contributed by atoms with Gasteiger partial charge in [0.1, 0.15) is 12.4 Å². The summed E-state index contributed by atoms with van der Waals surface area (Å²) in [5, 5.41) is 6.55. The van der Waals surface area contributed by atoms with Gasteiger partial charge in [-0.05, 0) is 49.2 Å². The van der Waals surface area contributed by atoms with Crippen LogP contribution in [0.5, 0.6) is 5.75 Å². The van der Waals surface area contributed by atoms with Crippen LogP contribution in [-0.2, 0) is 4.79 Å². The van der Waals surface area contributed by atoms with Crippen LogP contribution in [0.25, 0.3) is 0 Å². The summed E-state index contributed by atoms with van der Waals surface area (Å²) in [5.74, 6) is 0.586. The van der Waals surface area contributed by atoms with Crippen molar-refractivity contribution in [3.63, 3.8) is 0 Å². The second kappa shape index (κ2) is 8.41. The highest BCUT2D eigenvalue weighted by Gasteiger charge is 2.07. The predicted molar refractivity (Wildman–Crippen MR) is 100 cm³/mol. The number of rotatable bonds is 7. The van der Waals surface area contributed by atoms with Crippen molar-refractivity contribution >= 4 is 28.9 Å². The standard InChI is InChI=1S/C19H21ClN2O2/c1-13(2)12-24-16-7-4-6-15(10-16)21-11-19(23)22-18-9-5-8-17(20)14(18)3/h4-10,21H,1,11-12H2,2-3H3,(H,22,23). The fraction of sp³-hybridized carbons (Fsp3) is 0.211. The summed E-state index contributed by atoms with van der Waals surface area (Å²) in [6.07, 6.45) is 0. The molecule has 0 bridgehead atoms. The summed E-state index contributed by atoms with van der Waals surface area (Å²) < 4.78 is 5.58. The van der Waals surface area contributed by atoms with Crippen LogP contribution < -0.4 is 15.4 Å². The Kier molecular flexibility index (Phi) is 6.27. The van der Waals surface area contributed by atoms with E-state index in [1.54, 1.807) is 12.1 Å². The number of benzene rings is 2. The molecule has 1 amide bonds. The summed E-state index contributed by atoms with van der Waals surface area (Å²) in [6, 6.07) is 12.9. The minimum absolute atomic E-state index is 0.145. The van der Waals surface area contributed by atoms with Crippen LogP contribution in [-0.4, -0.2) is 19.1 Å². The Morgan fingerprint density at radius 3 is 2.75 bits per heavy atom. The topological polar surface area (TPSA) is 50.4 Å². The normalized spacial score (nSPS) is 10.1. The van der Waals surface area contributed by atoms with Gasteiger partial charge in [0.2, 0.25) is 5.91 Å². The third kappa shape index (κ3) is 5.32. The van der Waals surface area contributed by atoms with Gasteiger partial charge in [-0.15, -0.1) is 0 Å². The SMILES string of the molecule is C=C(C)COc1cccc(NCC(=O)Nc2cccc(Cl)c2C)c1. The Morgan fingerprint density at radius 1 is 1.25 bits per heavy atom. The van der Waals surface area contributed by atoms with E-state index in [-0.39, 0.29) is 12.5 Å². The van der Waals surface area contributed by atoms with E-state index in [2.05, 4.69) is 17.2 Å². The quantitative estimate of drug-likeness (QED) is 0.718. The highest BCUT2D eigenvalue weighted by atomic mass is 35.5. The zero-order valence-corrected chi connectivity index (χ0v) is 14.6. The van der Waals surface area contributed by atoms with Gasteiger partial charge in [-0.25, -0.2) is 0 Å². The van der Waals surface area contributed by atoms with Crippen LogP contribution in [0.2, 0.25) is 5.02 Å². The Hall–Kier alpha value is -2.46. The van der Waals surface area contributed by atoms with Crippen molar-refractivity contribution in [1.82, 2.24) is 0 Å². The Bertz CT molecular complexity index is 744. The van der Waals surface area contributed by atoms with Crippen LogP contribution in [0.1, 0.15) is 12.5 Å². The lowest BCUT2D eigenvalue weighted by atomic mass is 10.2. The number of hydrogen-bond acceptors (Lipinski definition) is 3. The molecule has 5 heteroatoms. The molecule has 2 rings (SSSR count). The van der Waals surface area contributed by atoms with Crippen LogP contribution in [0.15, 0.2) is 54.6 Å². The molecule has 0 aliphatic carbocycles. The summed E-state index contributed by atoms with van der Waals surface area (Å²) in [5.41, 5.74) is 3.33. The van der Waals surface area contributed by atoms with Gasteiger partial charge in [-0.2, -0.15) is 0 Å². The van der Waals surface area contributed by atoms with E-state index in [9.17, 15) is 4.79 Å². The van der Waals surface area contributed by atoms with Crippen molar-refractivity contribution in [2.24, 2.45) is 0 Å². The van der Waals surface area contributed by atoms with Crippen molar-refractivity contribution in [2.45, 2.75) is 13.8 Å². The predicted octanol–water partition coefficient (Wildman–Crippen LogP) is 4.65. The first kappa shape index (κ1) is 17.9. The highest BCUT2D eigenvalue weighted by molar-refractivity contribution is 6.31. The fourth-order valence-electron chi connectivity index (χ4n) is 2.02. The van der Waals surface area contributed by atoms with Crippen molar-refractivity contribution in [1.29, 1.82) is 0 Å². The molecule has 0 aliphatic heterocycles. The third-order valence-electron chi connectivity index (χ3n) is 3.31. The average molecular weight is 345 g/mol. The van der Waals surface area contributed by atoms with E-state index in [0.29, 0.717) is 17.3 Å². The number of ether oxygens (including phenoxy) is 1. The average Bonchev–Trinajstić information content (AvgIpc) is 2.56. The lowest BCUT2D eigenvalue weighted by Gasteiger charge is -2.12. The van der Waals surface area contributed by atoms with Gasteiger partial charge in [-0.1, -0.05) is 30.3 Å². The molecule has 126 valence electrons. The van der Waals surface area contributed by atoms with Crippen molar-refractivity contribution in [2.75, 3.05) is 23.8 Å². The minimum atomic E-state index is -0.145. The molecule has 0 saturated carbocycles. The maximum absolute atomic E-state index is 12.1. The Balaban J connectivity index is 1.90. The Labute approximate surface area is 147 Å². The molecule has 0 saturated heterocycles. The van der Waals surface area contributed by atoms with E-state index in [0.717, 1.165) is 22.6 Å². The molecule has 4 nitrogen and oxygen atoms in total. The van der Waals surface area contributed by atoms with E-state index >= 15 is 0 Å². The van der Waals surface area contributed by atoms with Gasteiger partial charge < -0.3 is 15.4 Å². The van der Waals surface area contributed by atoms with E-state index in [1.165, 1.54) is 0 Å². The molecule has 2 aromatic carbocycles. The number of amides is 1. The molecule has 0 aliphatic rings. The van der Waals surface area contributed by atoms with Gasteiger partial charge in [0.25, 0.3) is 0 Å². The number of carbonyl (C=O) groups is 1. The molecular formula is C19H21ClN2O2. The number of anilines is 2. The van der Waals surface area contributed by atoms with Gasteiger partial charge in [-0.3, -0.25) is 4.79 Å². The number of nitrogens with one attached hydrogen (secondary N) is 2. The molecule has 0 atom stereocenters. The largest absolute Gasteiger partial charge is 0.489 e. The first-order valence-corrected chi connectivity index (χ1v) is 7.99. The van der Waals surface area contributed by atoms with Crippen molar-refractivity contribution < 1.29 is 9.53 Å². The zero-order valence-electron chi connectivity index (χ0n) is 13.9. The molecule has 2 aromatic rings. The minimum Gasteiger partial charge on any atom is -0.489 e. The fourth-order valence-corrected chi connectivity index (χ4v) is 2.20. The maximum Gasteiger partial charge on any atom is 0.243 e. The van der Waals surface area contributed by atoms with E-state index in [1.807, 2.05) is 44.2 Å². The summed E-state index contributed by atoms with van der Waals surface area (Å²) in [7, 11) is 0. The van der Waals surface area contributed by atoms with Crippen molar-refractivity contribution in [3.05, 3.63) is 65.2 Å². The van der Waals surface area contributed by atoms with E-state index in [4.69, 9.17) is 16.3 Å². The van der Waals surface area contributed by atoms with Gasteiger partial charge >= 0.3 is 0 Å². The molecule has 0 spiro atoms. The van der Waals surface area contributed by atoms with Crippen LogP contribution in [0.3, 0.4) is 0 Å². The van der Waals surface area contributed by atoms with Crippen LogP contribution >= 0.6 is 11.6 Å². The Morgan fingerprint density at radius 2 is 2.00 bits per heavy atom. The van der Waals surface area contributed by atoms with Gasteiger partial charge in [0, 0.05) is 22.5 Å². The second-order valence-corrected chi connectivity index (χ2v) is 5.99. The first-order valence-electron chi connectivity index (χ1n) is 7.62. The summed E-state index contributed by atoms with van der Waals surface area (Å²) in [4.78, 5) is 12.1. The number of hydrogen-bond donors (Lipinski definition) is 2. The molecule has 0 heterocycles. The molecule has 0 aromatic heterocycles. The lowest BCUT2D eigenvalue weighted by Crippen LogP contribution is -2.22. The zero-order chi connectivity index (χ0) is 17.5. The maximum atomic E-state index is 12.1. The first-order chi connectivity index (χ1) is 11.5. The van der Waals surface area contributed by atoms with Crippen LogP contribution in [0.4, 0.5) is 11.4 Å². The summed E-state index contributed by atoms with van der Waals surface area (Å²) in [6.45, 7) is 8.20. The molecular weight excluding hydrogens is 324 g/mol. The number of halogens is 1. The summed E-state index contributed by atoms with van der Waals surface area (Å²) >= 11 is 6.05. The molecule has 2 N–H and O–H groups in total. The third-order valence-corrected chi connectivity index (χ3v) is 3.72. The smallest absolute Gasteiger partial charge is 0.243 e. The monoisotopic (exact) mass is 344 g/mol. The second-order valence-electron chi connectivity index (χ2n) is 5.59. The highest BCUT2D eigenvalue weighted by Crippen LogP contribution is 2.23. The van der Waals surface area contributed by atoms with Gasteiger partial charge in [0.05, 0.1) is 6.54 Å². The van der Waals surface area contributed by atoms with Gasteiger partial charge in [0.15, 0.2) is 0 Å². The molecule has 0 unspecified atom stereocenters. The van der Waals surface area contributed by atoms with Crippen molar-refractivity contribution in [3.8, 4) is 5.75 Å². The van der Waals surface area contributed by atoms with Crippen LogP contribution in [0, 0.1) is 6.92 Å². The molecule has 0 fully saturated rings. The lowest BCUT2D eigenvalue weighted by molar-refractivity contribution is -0.114. The molecule has 24 heavy (non-hydrogen) atoms. The molecule has 0 radical (unpaired) electrons. The van der Waals surface area contributed by atoms with E-state index < -0.39 is 0 Å². The number of carbonyl (C=O) groups excluding carboxylic acids is 1.